The Labute approximate surface area is 70.5 Å². The van der Waals surface area contributed by atoms with Gasteiger partial charge in [-0.25, -0.2) is 0 Å². The standard InChI is InChI=1S/C7H14F2N2O/c1-11-3-2-6(5(10)4-11)12-7(8)9/h5-7H,2-4,10H2,1H3. The van der Waals surface area contributed by atoms with E-state index in [0.717, 1.165) is 6.54 Å². The number of halogens is 2. The van der Waals surface area contributed by atoms with Crippen LogP contribution >= 0.6 is 0 Å². The number of likely N-dealkylation sites (tertiary alicyclic amines) is 1. The molecule has 0 aromatic rings. The molecule has 0 bridgehead atoms. The van der Waals surface area contributed by atoms with Crippen LogP contribution in [-0.4, -0.2) is 43.8 Å². The van der Waals surface area contributed by atoms with Gasteiger partial charge in [0.05, 0.1) is 6.10 Å². The summed E-state index contributed by atoms with van der Waals surface area (Å²) in [5, 5.41) is 0. The van der Waals surface area contributed by atoms with E-state index in [1.807, 2.05) is 11.9 Å². The minimum atomic E-state index is -2.70. The average Bonchev–Trinajstić information content (AvgIpc) is 1.94. The van der Waals surface area contributed by atoms with Crippen molar-refractivity contribution in [1.29, 1.82) is 0 Å². The van der Waals surface area contributed by atoms with Crippen LogP contribution in [0.4, 0.5) is 8.78 Å². The third-order valence-corrected chi connectivity index (χ3v) is 2.07. The van der Waals surface area contributed by atoms with Crippen molar-refractivity contribution >= 4 is 0 Å². The Morgan fingerprint density at radius 1 is 1.58 bits per heavy atom. The SMILES string of the molecule is CN1CCC(OC(F)F)C(N)C1. The molecule has 1 saturated heterocycles. The van der Waals surface area contributed by atoms with Gasteiger partial charge in [-0.3, -0.25) is 0 Å². The second-order valence-corrected chi connectivity index (χ2v) is 3.15. The van der Waals surface area contributed by atoms with Crippen molar-refractivity contribution in [2.45, 2.75) is 25.2 Å². The molecular formula is C7H14F2N2O. The summed E-state index contributed by atoms with van der Waals surface area (Å²) in [7, 11) is 1.92. The van der Waals surface area contributed by atoms with Gasteiger partial charge in [0.25, 0.3) is 0 Å². The highest BCUT2D eigenvalue weighted by Gasteiger charge is 2.27. The summed E-state index contributed by atoms with van der Waals surface area (Å²) in [6, 6.07) is -0.294. The first-order valence-corrected chi connectivity index (χ1v) is 3.97. The lowest BCUT2D eigenvalue weighted by Gasteiger charge is -2.33. The molecule has 1 aliphatic rings. The zero-order valence-corrected chi connectivity index (χ0v) is 7.04. The van der Waals surface area contributed by atoms with Gasteiger partial charge in [-0.2, -0.15) is 8.78 Å². The van der Waals surface area contributed by atoms with E-state index >= 15 is 0 Å². The Balaban J connectivity index is 2.34. The predicted octanol–water partition coefficient (Wildman–Crippen LogP) is 0.257. The van der Waals surface area contributed by atoms with Crippen LogP contribution in [0.25, 0.3) is 0 Å². The Hall–Kier alpha value is -0.260. The van der Waals surface area contributed by atoms with Crippen LogP contribution in [0, 0.1) is 0 Å². The molecule has 2 N–H and O–H groups in total. The molecule has 3 nitrogen and oxygen atoms in total. The van der Waals surface area contributed by atoms with Crippen LogP contribution in [0.2, 0.25) is 0 Å². The summed E-state index contributed by atoms with van der Waals surface area (Å²) >= 11 is 0. The Morgan fingerprint density at radius 3 is 2.75 bits per heavy atom. The molecule has 1 fully saturated rings. The largest absolute Gasteiger partial charge is 0.345 e. The number of ether oxygens (including phenoxy) is 1. The Bertz CT molecular complexity index is 145. The monoisotopic (exact) mass is 180 g/mol. The summed E-state index contributed by atoms with van der Waals surface area (Å²) in [5.41, 5.74) is 5.62. The van der Waals surface area contributed by atoms with Crippen molar-refractivity contribution in [2.75, 3.05) is 20.1 Å². The minimum Gasteiger partial charge on any atom is -0.324 e. The van der Waals surface area contributed by atoms with Gasteiger partial charge in [-0.1, -0.05) is 0 Å². The highest BCUT2D eigenvalue weighted by molar-refractivity contribution is 4.82. The summed E-state index contributed by atoms with van der Waals surface area (Å²) in [6.45, 7) is -1.31. The van der Waals surface area contributed by atoms with Gasteiger partial charge >= 0.3 is 6.61 Å². The van der Waals surface area contributed by atoms with Crippen LogP contribution in [0.5, 0.6) is 0 Å². The van der Waals surface area contributed by atoms with Gasteiger partial charge in [-0.05, 0) is 13.5 Å². The van der Waals surface area contributed by atoms with E-state index < -0.39 is 12.7 Å². The second kappa shape index (κ2) is 4.11. The molecule has 0 spiro atoms. The highest BCUT2D eigenvalue weighted by atomic mass is 19.3. The lowest BCUT2D eigenvalue weighted by molar-refractivity contribution is -0.176. The van der Waals surface area contributed by atoms with Gasteiger partial charge in [0.15, 0.2) is 0 Å². The third-order valence-electron chi connectivity index (χ3n) is 2.07. The van der Waals surface area contributed by atoms with Gasteiger partial charge in [0.1, 0.15) is 0 Å². The number of hydrogen-bond acceptors (Lipinski definition) is 3. The van der Waals surface area contributed by atoms with Gasteiger partial charge in [-0.15, -0.1) is 0 Å². The lowest BCUT2D eigenvalue weighted by atomic mass is 10.0. The molecule has 12 heavy (non-hydrogen) atoms. The first-order valence-electron chi connectivity index (χ1n) is 3.97. The van der Waals surface area contributed by atoms with Gasteiger partial charge < -0.3 is 15.4 Å². The molecule has 1 aliphatic heterocycles. The first-order chi connectivity index (χ1) is 5.59. The summed E-state index contributed by atoms with van der Waals surface area (Å²) in [6.07, 6.45) is 0.100. The second-order valence-electron chi connectivity index (χ2n) is 3.15. The maximum absolute atomic E-state index is 11.8. The molecule has 0 aliphatic carbocycles. The molecule has 0 saturated carbocycles. The Kier molecular flexibility index (Phi) is 3.37. The zero-order valence-electron chi connectivity index (χ0n) is 7.04. The maximum atomic E-state index is 11.8. The van der Waals surface area contributed by atoms with Crippen LogP contribution < -0.4 is 5.73 Å². The molecule has 0 aromatic carbocycles. The molecule has 5 heteroatoms. The molecule has 1 heterocycles. The van der Waals surface area contributed by atoms with Crippen molar-refractivity contribution in [2.24, 2.45) is 5.73 Å². The lowest BCUT2D eigenvalue weighted by Crippen LogP contribution is -2.51. The number of alkyl halides is 2. The maximum Gasteiger partial charge on any atom is 0.345 e. The third kappa shape index (κ3) is 2.66. The van der Waals surface area contributed by atoms with Crippen molar-refractivity contribution in [3.63, 3.8) is 0 Å². The molecule has 0 aromatic heterocycles. The molecule has 2 atom stereocenters. The first kappa shape index (κ1) is 9.83. The van der Waals surface area contributed by atoms with E-state index in [2.05, 4.69) is 4.74 Å². The van der Waals surface area contributed by atoms with Crippen molar-refractivity contribution in [1.82, 2.24) is 4.90 Å². The normalized spacial score (nSPS) is 32.8. The van der Waals surface area contributed by atoms with E-state index in [0.29, 0.717) is 13.0 Å². The van der Waals surface area contributed by atoms with E-state index in [1.165, 1.54) is 0 Å². The van der Waals surface area contributed by atoms with Crippen molar-refractivity contribution in [3.05, 3.63) is 0 Å². The number of likely N-dealkylation sites (N-methyl/N-ethyl adjacent to an activating group) is 1. The average molecular weight is 180 g/mol. The van der Waals surface area contributed by atoms with Crippen LogP contribution in [0.3, 0.4) is 0 Å². The molecule has 0 amide bonds. The molecule has 2 unspecified atom stereocenters. The summed E-state index contributed by atoms with van der Waals surface area (Å²) in [4.78, 5) is 2.01. The number of nitrogens with zero attached hydrogens (tertiary/aromatic N) is 1. The number of nitrogens with two attached hydrogens (primary N) is 1. The number of hydrogen-bond donors (Lipinski definition) is 1. The molecule has 1 rings (SSSR count). The zero-order chi connectivity index (χ0) is 9.14. The fourth-order valence-electron chi connectivity index (χ4n) is 1.43. The summed E-state index contributed by atoms with van der Waals surface area (Å²) in [5.74, 6) is 0. The summed E-state index contributed by atoms with van der Waals surface area (Å²) < 4.78 is 28.0. The van der Waals surface area contributed by atoms with Crippen molar-refractivity contribution < 1.29 is 13.5 Å². The molecule has 72 valence electrons. The van der Waals surface area contributed by atoms with E-state index in [9.17, 15) is 8.78 Å². The molecular weight excluding hydrogens is 166 g/mol. The fraction of sp³-hybridized carbons (Fsp3) is 1.00. The fourth-order valence-corrected chi connectivity index (χ4v) is 1.43. The van der Waals surface area contributed by atoms with E-state index in [-0.39, 0.29) is 6.04 Å². The number of piperidine rings is 1. The predicted molar refractivity (Wildman–Crippen MR) is 41.0 cm³/mol. The van der Waals surface area contributed by atoms with Gasteiger partial charge in [0, 0.05) is 19.1 Å². The Morgan fingerprint density at radius 2 is 2.25 bits per heavy atom. The smallest absolute Gasteiger partial charge is 0.324 e. The quantitative estimate of drug-likeness (QED) is 0.662. The highest BCUT2D eigenvalue weighted by Crippen LogP contribution is 2.14. The van der Waals surface area contributed by atoms with Crippen molar-refractivity contribution in [3.8, 4) is 0 Å². The minimum absolute atomic E-state index is 0.294. The topological polar surface area (TPSA) is 38.5 Å². The van der Waals surface area contributed by atoms with Crippen LogP contribution in [-0.2, 0) is 4.74 Å². The number of rotatable bonds is 2. The van der Waals surface area contributed by atoms with Gasteiger partial charge in [0.2, 0.25) is 0 Å². The van der Waals surface area contributed by atoms with Crippen LogP contribution in [0.1, 0.15) is 6.42 Å². The van der Waals surface area contributed by atoms with Crippen LogP contribution in [0.15, 0.2) is 0 Å². The molecule has 0 radical (unpaired) electrons. The van der Waals surface area contributed by atoms with E-state index in [4.69, 9.17) is 5.73 Å². The van der Waals surface area contributed by atoms with E-state index in [1.54, 1.807) is 0 Å².